The Morgan fingerprint density at radius 2 is 1.67 bits per heavy atom. The van der Waals surface area contributed by atoms with Crippen molar-refractivity contribution < 1.29 is 19.1 Å². The highest BCUT2D eigenvalue weighted by atomic mass is 16.5. The maximum atomic E-state index is 5.66. The van der Waals surface area contributed by atoms with Gasteiger partial charge in [0.1, 0.15) is 24.7 Å². The molecule has 1 aliphatic heterocycles. The molecule has 0 atom stereocenters. The fourth-order valence-electron chi connectivity index (χ4n) is 2.63. The molecule has 1 aliphatic rings. The van der Waals surface area contributed by atoms with Gasteiger partial charge in [-0.3, -0.25) is 0 Å². The summed E-state index contributed by atoms with van der Waals surface area (Å²) in [5.74, 6) is 2.61. The quantitative estimate of drug-likeness (QED) is 0.736. The third kappa shape index (κ3) is 5.94. The second-order valence-electron chi connectivity index (χ2n) is 5.82. The van der Waals surface area contributed by atoms with E-state index < -0.39 is 0 Å². The number of nitrogens with one attached hydrogen (secondary N) is 1. The summed E-state index contributed by atoms with van der Waals surface area (Å²) < 4.78 is 16.4. The minimum Gasteiger partial charge on any atom is -0.497 e. The van der Waals surface area contributed by atoms with Crippen LogP contribution in [0.3, 0.4) is 0 Å². The van der Waals surface area contributed by atoms with Gasteiger partial charge in [-0.05, 0) is 43.0 Å². The SMILES string of the molecule is COc1ccc(OCCOCC[NH+]2CCC(C)CC2)cc1. The molecule has 0 amide bonds. The average Bonchev–Trinajstić information content (AvgIpc) is 2.53. The van der Waals surface area contributed by atoms with Crippen molar-refractivity contribution >= 4 is 0 Å². The normalized spacial score (nSPS) is 22.0. The van der Waals surface area contributed by atoms with E-state index >= 15 is 0 Å². The van der Waals surface area contributed by atoms with Crippen molar-refractivity contribution in [2.45, 2.75) is 19.8 Å². The van der Waals surface area contributed by atoms with Gasteiger partial charge in [-0.15, -0.1) is 0 Å². The predicted octanol–water partition coefficient (Wildman–Crippen LogP) is 1.41. The van der Waals surface area contributed by atoms with Crippen molar-refractivity contribution in [1.82, 2.24) is 0 Å². The summed E-state index contributed by atoms with van der Waals surface area (Å²) in [6.45, 7) is 8.14. The highest BCUT2D eigenvalue weighted by Gasteiger charge is 2.17. The van der Waals surface area contributed by atoms with Crippen molar-refractivity contribution in [3.05, 3.63) is 24.3 Å². The molecule has 4 heteroatoms. The topological polar surface area (TPSA) is 32.1 Å². The summed E-state index contributed by atoms with van der Waals surface area (Å²) in [5, 5.41) is 0. The molecule has 0 spiro atoms. The van der Waals surface area contributed by atoms with Crippen molar-refractivity contribution in [1.29, 1.82) is 0 Å². The number of methoxy groups -OCH3 is 1. The molecule has 0 bridgehead atoms. The maximum Gasteiger partial charge on any atom is 0.119 e. The van der Waals surface area contributed by atoms with Gasteiger partial charge in [-0.1, -0.05) is 6.92 Å². The maximum absolute atomic E-state index is 5.66. The number of likely N-dealkylation sites (tertiary alicyclic amines) is 1. The largest absolute Gasteiger partial charge is 0.497 e. The second-order valence-corrected chi connectivity index (χ2v) is 5.82. The number of ether oxygens (including phenoxy) is 3. The molecule has 1 aromatic rings. The Hall–Kier alpha value is -1.26. The van der Waals surface area contributed by atoms with E-state index in [0.29, 0.717) is 13.2 Å². The summed E-state index contributed by atoms with van der Waals surface area (Å²) in [4.78, 5) is 1.68. The number of rotatable bonds is 8. The van der Waals surface area contributed by atoms with Gasteiger partial charge in [0.25, 0.3) is 0 Å². The van der Waals surface area contributed by atoms with Crippen LogP contribution in [0.25, 0.3) is 0 Å². The van der Waals surface area contributed by atoms with Crippen LogP contribution in [0, 0.1) is 5.92 Å². The Balaban J connectivity index is 1.49. The Bertz CT molecular complexity index is 386. The molecule has 1 N–H and O–H groups in total. The first-order chi connectivity index (χ1) is 10.3. The van der Waals surface area contributed by atoms with E-state index in [1.165, 1.54) is 25.9 Å². The number of quaternary nitrogens is 1. The van der Waals surface area contributed by atoms with Crippen LogP contribution >= 0.6 is 0 Å². The summed E-state index contributed by atoms with van der Waals surface area (Å²) in [6.07, 6.45) is 2.71. The molecule has 0 radical (unpaired) electrons. The van der Waals surface area contributed by atoms with Crippen molar-refractivity contribution in [3.8, 4) is 11.5 Å². The highest BCUT2D eigenvalue weighted by molar-refractivity contribution is 5.31. The molecule has 1 saturated heterocycles. The van der Waals surface area contributed by atoms with Crippen LogP contribution in [0.5, 0.6) is 11.5 Å². The third-order valence-corrected chi connectivity index (χ3v) is 4.14. The fraction of sp³-hybridized carbons (Fsp3) is 0.647. The van der Waals surface area contributed by atoms with Crippen LogP contribution in [-0.4, -0.2) is 46.6 Å². The summed E-state index contributed by atoms with van der Waals surface area (Å²) in [5.41, 5.74) is 0. The summed E-state index contributed by atoms with van der Waals surface area (Å²) in [7, 11) is 1.66. The molecule has 0 unspecified atom stereocenters. The van der Waals surface area contributed by atoms with Gasteiger partial charge in [0.2, 0.25) is 0 Å². The Morgan fingerprint density at radius 1 is 1.00 bits per heavy atom. The number of hydrogen-bond acceptors (Lipinski definition) is 3. The lowest BCUT2D eigenvalue weighted by molar-refractivity contribution is -0.906. The molecule has 0 aliphatic carbocycles. The number of hydrogen-bond donors (Lipinski definition) is 1. The Morgan fingerprint density at radius 3 is 2.33 bits per heavy atom. The Kier molecular flexibility index (Phi) is 6.83. The standard InChI is InChI=1S/C17H27NO3/c1-15-7-9-18(10-8-15)11-12-20-13-14-21-17-5-3-16(19-2)4-6-17/h3-6,15H,7-14H2,1-2H3/p+1. The zero-order valence-corrected chi connectivity index (χ0v) is 13.3. The van der Waals surface area contributed by atoms with Gasteiger partial charge < -0.3 is 19.1 Å². The average molecular weight is 294 g/mol. The van der Waals surface area contributed by atoms with Crippen LogP contribution in [-0.2, 0) is 4.74 Å². The molecule has 118 valence electrons. The van der Waals surface area contributed by atoms with Crippen molar-refractivity contribution in [2.75, 3.05) is 46.6 Å². The van der Waals surface area contributed by atoms with Crippen LogP contribution in [0.2, 0.25) is 0 Å². The molecular formula is C17H28NO3+. The van der Waals surface area contributed by atoms with Gasteiger partial charge in [-0.2, -0.15) is 0 Å². The molecule has 1 aromatic carbocycles. The van der Waals surface area contributed by atoms with E-state index in [1.807, 2.05) is 24.3 Å². The van der Waals surface area contributed by atoms with E-state index in [-0.39, 0.29) is 0 Å². The lowest BCUT2D eigenvalue weighted by Crippen LogP contribution is -3.13. The van der Waals surface area contributed by atoms with Crippen LogP contribution < -0.4 is 14.4 Å². The highest BCUT2D eigenvalue weighted by Crippen LogP contribution is 2.16. The van der Waals surface area contributed by atoms with Crippen LogP contribution in [0.15, 0.2) is 24.3 Å². The smallest absolute Gasteiger partial charge is 0.119 e. The molecular weight excluding hydrogens is 266 g/mol. The molecule has 0 aromatic heterocycles. The van der Waals surface area contributed by atoms with Crippen molar-refractivity contribution in [3.63, 3.8) is 0 Å². The minimum absolute atomic E-state index is 0.596. The fourth-order valence-corrected chi connectivity index (χ4v) is 2.63. The molecule has 2 rings (SSSR count). The summed E-state index contributed by atoms with van der Waals surface area (Å²) in [6, 6.07) is 7.63. The second kappa shape index (κ2) is 8.90. The first-order valence-corrected chi connectivity index (χ1v) is 7.96. The predicted molar refractivity (Wildman–Crippen MR) is 83.3 cm³/mol. The summed E-state index contributed by atoms with van der Waals surface area (Å²) >= 11 is 0. The van der Waals surface area contributed by atoms with E-state index in [0.717, 1.165) is 30.6 Å². The zero-order valence-electron chi connectivity index (χ0n) is 13.3. The molecule has 1 fully saturated rings. The first-order valence-electron chi connectivity index (χ1n) is 7.96. The van der Waals surface area contributed by atoms with Crippen LogP contribution in [0.1, 0.15) is 19.8 Å². The zero-order chi connectivity index (χ0) is 14.9. The van der Waals surface area contributed by atoms with Gasteiger partial charge in [0.05, 0.1) is 33.4 Å². The van der Waals surface area contributed by atoms with Gasteiger partial charge in [-0.25, -0.2) is 0 Å². The molecule has 4 nitrogen and oxygen atoms in total. The van der Waals surface area contributed by atoms with Crippen molar-refractivity contribution in [2.24, 2.45) is 5.92 Å². The lowest BCUT2D eigenvalue weighted by Gasteiger charge is -2.27. The van der Waals surface area contributed by atoms with E-state index in [1.54, 1.807) is 12.0 Å². The first kappa shape index (κ1) is 16.1. The molecule has 0 saturated carbocycles. The lowest BCUT2D eigenvalue weighted by atomic mass is 9.99. The Labute approximate surface area is 128 Å². The monoisotopic (exact) mass is 294 g/mol. The molecule has 21 heavy (non-hydrogen) atoms. The minimum atomic E-state index is 0.596. The van der Waals surface area contributed by atoms with E-state index in [9.17, 15) is 0 Å². The van der Waals surface area contributed by atoms with Crippen LogP contribution in [0.4, 0.5) is 0 Å². The third-order valence-electron chi connectivity index (χ3n) is 4.14. The number of piperidine rings is 1. The van der Waals surface area contributed by atoms with Gasteiger partial charge in [0.15, 0.2) is 0 Å². The number of benzene rings is 1. The molecule has 1 heterocycles. The van der Waals surface area contributed by atoms with E-state index in [4.69, 9.17) is 14.2 Å². The van der Waals surface area contributed by atoms with Gasteiger partial charge in [0, 0.05) is 0 Å². The van der Waals surface area contributed by atoms with Gasteiger partial charge >= 0.3 is 0 Å². The van der Waals surface area contributed by atoms with E-state index in [2.05, 4.69) is 6.92 Å².